The summed E-state index contributed by atoms with van der Waals surface area (Å²) in [6.07, 6.45) is 5.09. The summed E-state index contributed by atoms with van der Waals surface area (Å²) >= 11 is 0. The van der Waals surface area contributed by atoms with Crippen molar-refractivity contribution in [2.45, 2.75) is 64.6 Å². The van der Waals surface area contributed by atoms with E-state index in [0.29, 0.717) is 18.1 Å². The first kappa shape index (κ1) is 14.8. The second kappa shape index (κ2) is 5.80. The van der Waals surface area contributed by atoms with Crippen LogP contribution in [-0.2, 0) is 4.79 Å². The molecular formula is C15H29N3O. The van der Waals surface area contributed by atoms with E-state index in [2.05, 4.69) is 36.3 Å². The summed E-state index contributed by atoms with van der Waals surface area (Å²) in [7, 11) is 1.73. The van der Waals surface area contributed by atoms with Crippen LogP contribution in [-0.4, -0.2) is 49.1 Å². The zero-order valence-corrected chi connectivity index (χ0v) is 12.8. The molecule has 2 rings (SSSR count). The van der Waals surface area contributed by atoms with E-state index < -0.39 is 0 Å². The maximum absolute atomic E-state index is 12.0. The fourth-order valence-electron chi connectivity index (χ4n) is 3.85. The fraction of sp³-hybridized carbons (Fsp3) is 0.933. The molecule has 0 aromatic heterocycles. The second-order valence-corrected chi connectivity index (χ2v) is 6.75. The average Bonchev–Trinajstić information content (AvgIpc) is 2.61. The van der Waals surface area contributed by atoms with Crippen molar-refractivity contribution >= 4 is 5.91 Å². The van der Waals surface area contributed by atoms with Crippen LogP contribution < -0.4 is 10.6 Å². The first-order valence-electron chi connectivity index (χ1n) is 7.69. The zero-order chi connectivity index (χ0) is 14.0. The SMILES string of the molecule is CCNC1CC2CCC(C1)N2CC(C)(C)C(=O)NC. The zero-order valence-electron chi connectivity index (χ0n) is 12.8. The van der Waals surface area contributed by atoms with Gasteiger partial charge in [0, 0.05) is 31.7 Å². The summed E-state index contributed by atoms with van der Waals surface area (Å²) < 4.78 is 0. The van der Waals surface area contributed by atoms with Gasteiger partial charge >= 0.3 is 0 Å². The minimum atomic E-state index is -0.291. The van der Waals surface area contributed by atoms with Crippen molar-refractivity contribution in [2.75, 3.05) is 20.1 Å². The largest absolute Gasteiger partial charge is 0.359 e. The molecule has 4 nitrogen and oxygen atoms in total. The molecule has 2 atom stereocenters. The van der Waals surface area contributed by atoms with Gasteiger partial charge in [-0.15, -0.1) is 0 Å². The molecular weight excluding hydrogens is 238 g/mol. The number of carbonyl (C=O) groups is 1. The van der Waals surface area contributed by atoms with E-state index in [4.69, 9.17) is 0 Å². The Balaban J connectivity index is 1.98. The van der Waals surface area contributed by atoms with E-state index in [1.54, 1.807) is 7.05 Å². The number of piperidine rings is 1. The molecule has 110 valence electrons. The smallest absolute Gasteiger partial charge is 0.226 e. The van der Waals surface area contributed by atoms with Gasteiger partial charge in [0.05, 0.1) is 5.41 Å². The van der Waals surface area contributed by atoms with E-state index >= 15 is 0 Å². The van der Waals surface area contributed by atoms with Gasteiger partial charge in [-0.2, -0.15) is 0 Å². The predicted octanol–water partition coefficient (Wildman–Crippen LogP) is 1.36. The highest BCUT2D eigenvalue weighted by Crippen LogP contribution is 2.37. The molecule has 0 saturated carbocycles. The Bertz CT molecular complexity index is 315. The van der Waals surface area contributed by atoms with Gasteiger partial charge in [0.15, 0.2) is 0 Å². The van der Waals surface area contributed by atoms with Gasteiger partial charge in [0.1, 0.15) is 0 Å². The van der Waals surface area contributed by atoms with E-state index in [1.165, 1.54) is 25.7 Å². The predicted molar refractivity (Wildman–Crippen MR) is 78.1 cm³/mol. The van der Waals surface area contributed by atoms with Crippen molar-refractivity contribution in [3.63, 3.8) is 0 Å². The van der Waals surface area contributed by atoms with Gasteiger partial charge in [0.25, 0.3) is 0 Å². The quantitative estimate of drug-likeness (QED) is 0.790. The van der Waals surface area contributed by atoms with Crippen molar-refractivity contribution in [2.24, 2.45) is 5.41 Å². The van der Waals surface area contributed by atoms with Crippen molar-refractivity contribution < 1.29 is 4.79 Å². The summed E-state index contributed by atoms with van der Waals surface area (Å²) in [4.78, 5) is 14.6. The lowest BCUT2D eigenvalue weighted by molar-refractivity contribution is -0.130. The first-order chi connectivity index (χ1) is 8.97. The monoisotopic (exact) mass is 267 g/mol. The number of hydrogen-bond donors (Lipinski definition) is 2. The Morgan fingerprint density at radius 3 is 2.32 bits per heavy atom. The highest BCUT2D eigenvalue weighted by Gasteiger charge is 2.43. The summed E-state index contributed by atoms with van der Waals surface area (Å²) in [5, 5.41) is 6.39. The maximum Gasteiger partial charge on any atom is 0.226 e. The molecule has 2 aliphatic rings. The van der Waals surface area contributed by atoms with Crippen LogP contribution in [0.2, 0.25) is 0 Å². The fourth-order valence-corrected chi connectivity index (χ4v) is 3.85. The number of rotatable bonds is 5. The van der Waals surface area contributed by atoms with E-state index in [0.717, 1.165) is 13.1 Å². The molecule has 0 aromatic rings. The second-order valence-electron chi connectivity index (χ2n) is 6.75. The molecule has 2 heterocycles. The first-order valence-corrected chi connectivity index (χ1v) is 7.69. The molecule has 2 aliphatic heterocycles. The minimum Gasteiger partial charge on any atom is -0.359 e. The Morgan fingerprint density at radius 1 is 1.26 bits per heavy atom. The van der Waals surface area contributed by atoms with Crippen molar-refractivity contribution in [1.82, 2.24) is 15.5 Å². The Kier molecular flexibility index (Phi) is 4.51. The summed E-state index contributed by atoms with van der Waals surface area (Å²) in [6, 6.07) is 2.03. The lowest BCUT2D eigenvalue weighted by atomic mass is 9.88. The number of nitrogens with zero attached hydrogens (tertiary/aromatic N) is 1. The lowest BCUT2D eigenvalue weighted by Gasteiger charge is -2.42. The van der Waals surface area contributed by atoms with Crippen LogP contribution in [0.25, 0.3) is 0 Å². The van der Waals surface area contributed by atoms with Crippen LogP contribution in [0.4, 0.5) is 0 Å². The molecule has 1 amide bonds. The highest BCUT2D eigenvalue weighted by molar-refractivity contribution is 5.81. The number of carbonyl (C=O) groups excluding carboxylic acids is 1. The van der Waals surface area contributed by atoms with Gasteiger partial charge < -0.3 is 10.6 Å². The molecule has 0 radical (unpaired) electrons. The third-order valence-electron chi connectivity index (χ3n) is 4.80. The summed E-state index contributed by atoms with van der Waals surface area (Å²) in [5.41, 5.74) is -0.291. The van der Waals surface area contributed by atoms with Gasteiger partial charge in [-0.3, -0.25) is 9.69 Å². The van der Waals surface area contributed by atoms with Crippen LogP contribution in [0.3, 0.4) is 0 Å². The lowest BCUT2D eigenvalue weighted by Crippen LogP contribution is -2.53. The van der Waals surface area contributed by atoms with Crippen LogP contribution in [0.15, 0.2) is 0 Å². The third kappa shape index (κ3) is 3.11. The maximum atomic E-state index is 12.0. The summed E-state index contributed by atoms with van der Waals surface area (Å²) in [5.74, 6) is 0.153. The molecule has 2 N–H and O–H groups in total. The normalized spacial score (nSPS) is 31.5. The van der Waals surface area contributed by atoms with E-state index in [-0.39, 0.29) is 11.3 Å². The van der Waals surface area contributed by atoms with Crippen LogP contribution >= 0.6 is 0 Å². The molecule has 4 heteroatoms. The molecule has 0 aliphatic carbocycles. The molecule has 0 spiro atoms. The topological polar surface area (TPSA) is 44.4 Å². The van der Waals surface area contributed by atoms with Gasteiger partial charge in [-0.05, 0) is 46.1 Å². The number of fused-ring (bicyclic) bond motifs is 2. The van der Waals surface area contributed by atoms with Gasteiger partial charge in [-0.25, -0.2) is 0 Å². The van der Waals surface area contributed by atoms with Gasteiger partial charge in [0.2, 0.25) is 5.91 Å². The van der Waals surface area contributed by atoms with Crippen LogP contribution in [0.5, 0.6) is 0 Å². The molecule has 0 aromatic carbocycles. The Hall–Kier alpha value is -0.610. The Labute approximate surface area is 117 Å². The van der Waals surface area contributed by atoms with E-state index in [1.807, 2.05) is 0 Å². The molecule has 2 fully saturated rings. The highest BCUT2D eigenvalue weighted by atomic mass is 16.2. The molecule has 2 saturated heterocycles. The number of amides is 1. The average molecular weight is 267 g/mol. The van der Waals surface area contributed by atoms with Crippen molar-refractivity contribution in [3.05, 3.63) is 0 Å². The molecule has 2 unspecified atom stereocenters. The molecule has 2 bridgehead atoms. The minimum absolute atomic E-state index is 0.153. The third-order valence-corrected chi connectivity index (χ3v) is 4.80. The number of hydrogen-bond acceptors (Lipinski definition) is 3. The van der Waals surface area contributed by atoms with Gasteiger partial charge in [-0.1, -0.05) is 6.92 Å². The summed E-state index contributed by atoms with van der Waals surface area (Å²) in [6.45, 7) is 8.25. The van der Waals surface area contributed by atoms with Crippen LogP contribution in [0.1, 0.15) is 46.5 Å². The van der Waals surface area contributed by atoms with Crippen molar-refractivity contribution in [3.8, 4) is 0 Å². The Morgan fingerprint density at radius 2 is 1.84 bits per heavy atom. The number of nitrogens with one attached hydrogen (secondary N) is 2. The van der Waals surface area contributed by atoms with Crippen LogP contribution in [0, 0.1) is 5.41 Å². The van der Waals surface area contributed by atoms with E-state index in [9.17, 15) is 4.79 Å². The standard InChI is InChI=1S/C15H29N3O/c1-5-17-11-8-12-6-7-13(9-11)18(12)10-15(2,3)14(19)16-4/h11-13,17H,5-10H2,1-4H3,(H,16,19). The molecule has 19 heavy (non-hydrogen) atoms. The van der Waals surface area contributed by atoms with Crippen molar-refractivity contribution in [1.29, 1.82) is 0 Å².